The molecule has 0 saturated carbocycles. The maximum atomic E-state index is 6.23. The molecular formula is C14H22N2OS. The molecule has 1 saturated heterocycles. The summed E-state index contributed by atoms with van der Waals surface area (Å²) in [6.07, 6.45) is 0. The Hall–Kier alpha value is -1.03. The van der Waals surface area contributed by atoms with Gasteiger partial charge in [-0.3, -0.25) is 0 Å². The number of thioether (sulfide) groups is 1. The Kier molecular flexibility index (Phi) is 4.27. The van der Waals surface area contributed by atoms with Crippen LogP contribution in [0.5, 0.6) is 5.75 Å². The Morgan fingerprint density at radius 2 is 2.22 bits per heavy atom. The molecule has 1 heterocycles. The highest BCUT2D eigenvalue weighted by Crippen LogP contribution is 2.36. The standard InChI is InChI=1S/C14H22N2OS/c1-4-17-13-7-5-6-12(14(13)15)16-8-9-18-11(3)10(16)2/h5-7,10-11H,4,8-9,15H2,1-3H3. The molecule has 0 aliphatic carbocycles. The fourth-order valence-electron chi connectivity index (χ4n) is 2.34. The highest BCUT2D eigenvalue weighted by atomic mass is 32.2. The maximum absolute atomic E-state index is 6.23. The van der Waals surface area contributed by atoms with Gasteiger partial charge < -0.3 is 15.4 Å². The van der Waals surface area contributed by atoms with Crippen LogP contribution in [0.3, 0.4) is 0 Å². The third-order valence-electron chi connectivity index (χ3n) is 3.54. The average Bonchev–Trinajstić information content (AvgIpc) is 2.36. The van der Waals surface area contributed by atoms with Crippen LogP contribution in [0.4, 0.5) is 11.4 Å². The predicted molar refractivity (Wildman–Crippen MR) is 80.8 cm³/mol. The van der Waals surface area contributed by atoms with Crippen LogP contribution >= 0.6 is 11.8 Å². The Morgan fingerprint density at radius 3 is 2.94 bits per heavy atom. The minimum absolute atomic E-state index is 0.503. The van der Waals surface area contributed by atoms with Crippen molar-refractivity contribution in [2.24, 2.45) is 0 Å². The largest absolute Gasteiger partial charge is 0.492 e. The number of nitrogens with zero attached hydrogens (tertiary/aromatic N) is 1. The summed E-state index contributed by atoms with van der Waals surface area (Å²) in [4.78, 5) is 2.40. The van der Waals surface area contributed by atoms with Gasteiger partial charge in [-0.25, -0.2) is 0 Å². The highest BCUT2D eigenvalue weighted by Gasteiger charge is 2.27. The van der Waals surface area contributed by atoms with Crippen molar-refractivity contribution in [3.8, 4) is 5.75 Å². The number of para-hydroxylation sites is 1. The van der Waals surface area contributed by atoms with Crippen molar-refractivity contribution in [2.75, 3.05) is 29.5 Å². The fraction of sp³-hybridized carbons (Fsp3) is 0.571. The summed E-state index contributed by atoms with van der Waals surface area (Å²) in [6, 6.07) is 6.56. The second kappa shape index (κ2) is 5.74. The second-order valence-electron chi connectivity index (χ2n) is 4.63. The van der Waals surface area contributed by atoms with E-state index in [9.17, 15) is 0 Å². The number of ether oxygens (including phenoxy) is 1. The topological polar surface area (TPSA) is 38.5 Å². The third kappa shape index (κ3) is 2.53. The molecule has 4 heteroatoms. The summed E-state index contributed by atoms with van der Waals surface area (Å²) in [6.45, 7) is 8.23. The molecular weight excluding hydrogens is 244 g/mol. The van der Waals surface area contributed by atoms with E-state index in [2.05, 4.69) is 24.8 Å². The van der Waals surface area contributed by atoms with E-state index in [1.807, 2.05) is 30.8 Å². The van der Waals surface area contributed by atoms with Crippen molar-refractivity contribution in [3.63, 3.8) is 0 Å². The number of nitrogens with two attached hydrogens (primary N) is 1. The lowest BCUT2D eigenvalue weighted by molar-refractivity contribution is 0.342. The predicted octanol–water partition coefficient (Wildman–Crippen LogP) is 3.00. The molecule has 0 spiro atoms. The first-order valence-electron chi connectivity index (χ1n) is 6.54. The smallest absolute Gasteiger partial charge is 0.144 e. The van der Waals surface area contributed by atoms with Gasteiger partial charge in [-0.2, -0.15) is 11.8 Å². The van der Waals surface area contributed by atoms with Crippen LogP contribution < -0.4 is 15.4 Å². The first kappa shape index (κ1) is 13.4. The van der Waals surface area contributed by atoms with E-state index in [1.165, 1.54) is 0 Å². The molecule has 2 N–H and O–H groups in total. The average molecular weight is 266 g/mol. The quantitative estimate of drug-likeness (QED) is 0.854. The summed E-state index contributed by atoms with van der Waals surface area (Å²) in [5.41, 5.74) is 8.11. The Labute approximate surface area is 114 Å². The van der Waals surface area contributed by atoms with Gasteiger partial charge in [0.1, 0.15) is 5.75 Å². The van der Waals surface area contributed by atoms with Crippen molar-refractivity contribution in [1.82, 2.24) is 0 Å². The van der Waals surface area contributed by atoms with E-state index in [4.69, 9.17) is 10.5 Å². The molecule has 0 bridgehead atoms. The lowest BCUT2D eigenvalue weighted by Crippen LogP contribution is -2.45. The molecule has 2 atom stereocenters. The Morgan fingerprint density at radius 1 is 1.44 bits per heavy atom. The van der Waals surface area contributed by atoms with Crippen LogP contribution in [-0.2, 0) is 0 Å². The number of nitrogen functional groups attached to an aromatic ring is 1. The van der Waals surface area contributed by atoms with Crippen LogP contribution in [0.15, 0.2) is 18.2 Å². The summed E-state index contributed by atoms with van der Waals surface area (Å²) in [5, 5.41) is 0.633. The van der Waals surface area contributed by atoms with E-state index in [1.54, 1.807) is 0 Å². The van der Waals surface area contributed by atoms with Crippen molar-refractivity contribution < 1.29 is 4.74 Å². The number of hydrogen-bond donors (Lipinski definition) is 1. The van der Waals surface area contributed by atoms with E-state index in [-0.39, 0.29) is 0 Å². The molecule has 0 aromatic heterocycles. The van der Waals surface area contributed by atoms with Gasteiger partial charge in [-0.05, 0) is 26.0 Å². The molecule has 0 radical (unpaired) electrons. The Bertz CT molecular complexity index is 411. The van der Waals surface area contributed by atoms with Crippen molar-refractivity contribution in [3.05, 3.63) is 18.2 Å². The third-order valence-corrected chi connectivity index (χ3v) is 4.87. The first-order valence-corrected chi connectivity index (χ1v) is 7.59. The van der Waals surface area contributed by atoms with Crippen molar-refractivity contribution in [1.29, 1.82) is 0 Å². The molecule has 100 valence electrons. The molecule has 0 amide bonds. The highest BCUT2D eigenvalue weighted by molar-refractivity contribution is 8.00. The minimum atomic E-state index is 0.503. The lowest BCUT2D eigenvalue weighted by atomic mass is 10.1. The molecule has 2 unspecified atom stereocenters. The minimum Gasteiger partial charge on any atom is -0.492 e. The molecule has 1 aliphatic heterocycles. The van der Waals surface area contributed by atoms with Crippen LogP contribution in [0.25, 0.3) is 0 Å². The molecule has 3 nitrogen and oxygen atoms in total. The summed E-state index contributed by atoms with van der Waals surface area (Å²) in [7, 11) is 0. The molecule has 1 aliphatic rings. The molecule has 1 fully saturated rings. The number of anilines is 2. The lowest BCUT2D eigenvalue weighted by Gasteiger charge is -2.39. The van der Waals surface area contributed by atoms with Gasteiger partial charge >= 0.3 is 0 Å². The van der Waals surface area contributed by atoms with Crippen LogP contribution in [-0.4, -0.2) is 30.2 Å². The van der Waals surface area contributed by atoms with Gasteiger partial charge in [0.25, 0.3) is 0 Å². The fourth-order valence-corrected chi connectivity index (χ4v) is 3.44. The molecule has 18 heavy (non-hydrogen) atoms. The second-order valence-corrected chi connectivity index (χ2v) is 6.12. The number of benzene rings is 1. The van der Waals surface area contributed by atoms with Gasteiger partial charge in [-0.1, -0.05) is 13.0 Å². The van der Waals surface area contributed by atoms with Gasteiger partial charge in [0.2, 0.25) is 0 Å². The zero-order valence-electron chi connectivity index (χ0n) is 11.3. The van der Waals surface area contributed by atoms with Crippen LogP contribution in [0, 0.1) is 0 Å². The van der Waals surface area contributed by atoms with Crippen LogP contribution in [0.2, 0.25) is 0 Å². The first-order chi connectivity index (χ1) is 8.65. The van der Waals surface area contributed by atoms with Gasteiger partial charge in [0.05, 0.1) is 18.0 Å². The molecule has 2 rings (SSSR count). The monoisotopic (exact) mass is 266 g/mol. The Balaban J connectivity index is 2.29. The van der Waals surface area contributed by atoms with E-state index >= 15 is 0 Å². The normalized spacial score (nSPS) is 24.1. The SMILES string of the molecule is CCOc1cccc(N2CCSC(C)C2C)c1N. The van der Waals surface area contributed by atoms with E-state index < -0.39 is 0 Å². The number of hydrogen-bond acceptors (Lipinski definition) is 4. The number of rotatable bonds is 3. The zero-order valence-corrected chi connectivity index (χ0v) is 12.2. The molecule has 1 aromatic rings. The van der Waals surface area contributed by atoms with Gasteiger partial charge in [0.15, 0.2) is 0 Å². The van der Waals surface area contributed by atoms with Crippen LogP contribution in [0.1, 0.15) is 20.8 Å². The molecule has 1 aromatic carbocycles. The summed E-state index contributed by atoms with van der Waals surface area (Å²) in [5.74, 6) is 1.96. The summed E-state index contributed by atoms with van der Waals surface area (Å²) < 4.78 is 5.57. The van der Waals surface area contributed by atoms with E-state index in [0.29, 0.717) is 17.9 Å². The maximum Gasteiger partial charge on any atom is 0.144 e. The van der Waals surface area contributed by atoms with Crippen molar-refractivity contribution in [2.45, 2.75) is 32.1 Å². The summed E-state index contributed by atoms with van der Waals surface area (Å²) >= 11 is 2.03. The van der Waals surface area contributed by atoms with E-state index in [0.717, 1.165) is 29.4 Å². The van der Waals surface area contributed by atoms with Crippen molar-refractivity contribution >= 4 is 23.1 Å². The van der Waals surface area contributed by atoms with Gasteiger partial charge in [0, 0.05) is 23.6 Å². The zero-order chi connectivity index (χ0) is 13.1. The van der Waals surface area contributed by atoms with Gasteiger partial charge in [-0.15, -0.1) is 0 Å².